The third-order valence-corrected chi connectivity index (χ3v) is 3.03. The highest BCUT2D eigenvalue weighted by molar-refractivity contribution is 6.31. The number of H-pyrrole nitrogens is 1. The van der Waals surface area contributed by atoms with Gasteiger partial charge in [-0.2, -0.15) is 5.26 Å². The third kappa shape index (κ3) is 1.82. The fourth-order valence-corrected chi connectivity index (χ4v) is 1.76. The number of halogens is 1. The van der Waals surface area contributed by atoms with Crippen molar-refractivity contribution in [1.82, 2.24) is 4.98 Å². The molecule has 0 aliphatic heterocycles. The van der Waals surface area contributed by atoms with E-state index in [4.69, 9.17) is 16.9 Å². The van der Waals surface area contributed by atoms with Crippen LogP contribution in [0.4, 0.5) is 0 Å². The monoisotopic (exact) mass is 230 g/mol. The number of rotatable bonds is 1. The first-order valence-corrected chi connectivity index (χ1v) is 5.36. The Labute approximate surface area is 99.5 Å². The van der Waals surface area contributed by atoms with E-state index in [2.05, 4.69) is 11.1 Å². The number of nitriles is 1. The Balaban J connectivity index is 2.51. The van der Waals surface area contributed by atoms with E-state index >= 15 is 0 Å². The van der Waals surface area contributed by atoms with Crippen LogP contribution in [0.2, 0.25) is 5.02 Å². The molecular formula is C13H11ClN2. The SMILES string of the molecule is Cc1cc(-c2cc(C#N)c(C)[nH]2)ccc1Cl. The van der Waals surface area contributed by atoms with E-state index in [0.717, 1.165) is 27.5 Å². The average molecular weight is 231 g/mol. The van der Waals surface area contributed by atoms with Gasteiger partial charge in [0.1, 0.15) is 6.07 Å². The molecule has 1 aromatic heterocycles. The number of aromatic amines is 1. The Bertz CT molecular complexity index is 576. The predicted octanol–water partition coefficient (Wildman–Crippen LogP) is 3.82. The molecule has 0 unspecified atom stereocenters. The van der Waals surface area contributed by atoms with E-state index in [1.165, 1.54) is 0 Å². The van der Waals surface area contributed by atoms with Crippen LogP contribution in [0.25, 0.3) is 11.3 Å². The van der Waals surface area contributed by atoms with Gasteiger partial charge in [-0.15, -0.1) is 0 Å². The van der Waals surface area contributed by atoms with Crippen molar-refractivity contribution in [1.29, 1.82) is 5.26 Å². The molecule has 2 nitrogen and oxygen atoms in total. The Morgan fingerprint density at radius 2 is 2.00 bits per heavy atom. The summed E-state index contributed by atoms with van der Waals surface area (Å²) in [4.78, 5) is 3.19. The van der Waals surface area contributed by atoms with E-state index < -0.39 is 0 Å². The topological polar surface area (TPSA) is 39.6 Å². The number of nitrogens with zero attached hydrogens (tertiary/aromatic N) is 1. The summed E-state index contributed by atoms with van der Waals surface area (Å²) in [5.41, 5.74) is 4.61. The Morgan fingerprint density at radius 3 is 2.56 bits per heavy atom. The summed E-state index contributed by atoms with van der Waals surface area (Å²) < 4.78 is 0. The minimum Gasteiger partial charge on any atom is -0.358 e. The maximum absolute atomic E-state index is 8.89. The minimum absolute atomic E-state index is 0.683. The van der Waals surface area contributed by atoms with Crippen molar-refractivity contribution in [3.63, 3.8) is 0 Å². The van der Waals surface area contributed by atoms with E-state index in [0.29, 0.717) is 5.56 Å². The molecule has 0 spiro atoms. The fourth-order valence-electron chi connectivity index (χ4n) is 1.64. The highest BCUT2D eigenvalue weighted by Crippen LogP contribution is 2.25. The van der Waals surface area contributed by atoms with E-state index in [1.54, 1.807) is 0 Å². The highest BCUT2D eigenvalue weighted by atomic mass is 35.5. The first-order chi connectivity index (χ1) is 7.61. The lowest BCUT2D eigenvalue weighted by molar-refractivity contribution is 1.25. The van der Waals surface area contributed by atoms with Crippen LogP contribution >= 0.6 is 11.6 Å². The Kier molecular flexibility index (Phi) is 2.72. The fraction of sp³-hybridized carbons (Fsp3) is 0.154. The zero-order chi connectivity index (χ0) is 11.7. The summed E-state index contributed by atoms with van der Waals surface area (Å²) in [5, 5.41) is 9.64. The Morgan fingerprint density at radius 1 is 1.25 bits per heavy atom. The second-order valence-corrected chi connectivity index (χ2v) is 4.20. The number of hydrogen-bond acceptors (Lipinski definition) is 1. The van der Waals surface area contributed by atoms with Gasteiger partial charge in [0.25, 0.3) is 0 Å². The molecule has 0 amide bonds. The second kappa shape index (κ2) is 4.03. The van der Waals surface area contributed by atoms with Gasteiger partial charge in [-0.25, -0.2) is 0 Å². The van der Waals surface area contributed by atoms with Crippen molar-refractivity contribution >= 4 is 11.6 Å². The van der Waals surface area contributed by atoms with Crippen molar-refractivity contribution < 1.29 is 0 Å². The molecule has 0 bridgehead atoms. The molecule has 1 N–H and O–H groups in total. The van der Waals surface area contributed by atoms with Gasteiger partial charge in [0.15, 0.2) is 0 Å². The highest BCUT2D eigenvalue weighted by Gasteiger charge is 2.06. The van der Waals surface area contributed by atoms with Crippen LogP contribution in [0, 0.1) is 25.2 Å². The number of nitrogens with one attached hydrogen (secondary N) is 1. The van der Waals surface area contributed by atoms with E-state index in [1.807, 2.05) is 38.1 Å². The zero-order valence-electron chi connectivity index (χ0n) is 9.13. The quantitative estimate of drug-likeness (QED) is 0.795. The first kappa shape index (κ1) is 10.8. The molecular weight excluding hydrogens is 220 g/mol. The Hall–Kier alpha value is -1.72. The van der Waals surface area contributed by atoms with Gasteiger partial charge in [-0.1, -0.05) is 17.7 Å². The zero-order valence-corrected chi connectivity index (χ0v) is 9.89. The summed E-state index contributed by atoms with van der Waals surface area (Å²) in [5.74, 6) is 0. The predicted molar refractivity (Wildman–Crippen MR) is 65.4 cm³/mol. The number of benzene rings is 1. The summed E-state index contributed by atoms with van der Waals surface area (Å²) in [6.45, 7) is 3.86. The molecule has 1 heterocycles. The van der Waals surface area contributed by atoms with Crippen LogP contribution in [0.1, 0.15) is 16.8 Å². The van der Waals surface area contributed by atoms with Gasteiger partial charge in [-0.05, 0) is 43.2 Å². The van der Waals surface area contributed by atoms with Gasteiger partial charge in [0.05, 0.1) is 5.56 Å². The molecule has 0 aliphatic carbocycles. The molecule has 3 heteroatoms. The number of aromatic nitrogens is 1. The summed E-state index contributed by atoms with van der Waals surface area (Å²) in [7, 11) is 0. The third-order valence-electron chi connectivity index (χ3n) is 2.60. The van der Waals surface area contributed by atoms with Crippen molar-refractivity contribution in [3.05, 3.63) is 46.1 Å². The molecule has 0 aliphatic rings. The molecule has 0 atom stereocenters. The largest absolute Gasteiger partial charge is 0.358 e. The second-order valence-electron chi connectivity index (χ2n) is 3.80. The van der Waals surface area contributed by atoms with Gasteiger partial charge < -0.3 is 4.98 Å². The van der Waals surface area contributed by atoms with Crippen molar-refractivity contribution in [2.24, 2.45) is 0 Å². The molecule has 80 valence electrons. The van der Waals surface area contributed by atoms with Crippen molar-refractivity contribution in [2.75, 3.05) is 0 Å². The van der Waals surface area contributed by atoms with Crippen LogP contribution in [0.15, 0.2) is 24.3 Å². The van der Waals surface area contributed by atoms with Gasteiger partial charge in [0.2, 0.25) is 0 Å². The molecule has 2 rings (SSSR count). The molecule has 16 heavy (non-hydrogen) atoms. The van der Waals surface area contributed by atoms with Crippen LogP contribution < -0.4 is 0 Å². The standard InChI is InChI=1S/C13H11ClN2/c1-8-5-10(3-4-12(8)14)13-6-11(7-15)9(2)16-13/h3-6,16H,1-2H3. The lowest BCUT2D eigenvalue weighted by Crippen LogP contribution is -1.81. The van der Waals surface area contributed by atoms with E-state index in [-0.39, 0.29) is 0 Å². The summed E-state index contributed by atoms with van der Waals surface area (Å²) in [6, 6.07) is 9.84. The van der Waals surface area contributed by atoms with Crippen LogP contribution in [0.5, 0.6) is 0 Å². The smallest absolute Gasteiger partial charge is 0.101 e. The van der Waals surface area contributed by atoms with Gasteiger partial charge in [0, 0.05) is 16.4 Å². The van der Waals surface area contributed by atoms with Crippen molar-refractivity contribution in [2.45, 2.75) is 13.8 Å². The molecule has 1 aromatic carbocycles. The number of hydrogen-bond donors (Lipinski definition) is 1. The average Bonchev–Trinajstić information content (AvgIpc) is 2.64. The summed E-state index contributed by atoms with van der Waals surface area (Å²) >= 11 is 5.97. The maximum atomic E-state index is 8.89. The molecule has 0 saturated carbocycles. The van der Waals surface area contributed by atoms with E-state index in [9.17, 15) is 0 Å². The van der Waals surface area contributed by atoms with Crippen LogP contribution in [0.3, 0.4) is 0 Å². The normalized spacial score (nSPS) is 10.1. The molecule has 0 saturated heterocycles. The van der Waals surface area contributed by atoms with Crippen LogP contribution in [-0.4, -0.2) is 4.98 Å². The van der Waals surface area contributed by atoms with Crippen molar-refractivity contribution in [3.8, 4) is 17.3 Å². The van der Waals surface area contributed by atoms with Gasteiger partial charge in [-0.3, -0.25) is 0 Å². The maximum Gasteiger partial charge on any atom is 0.101 e. The van der Waals surface area contributed by atoms with Gasteiger partial charge >= 0.3 is 0 Å². The lowest BCUT2D eigenvalue weighted by atomic mass is 10.1. The van der Waals surface area contributed by atoms with Crippen LogP contribution in [-0.2, 0) is 0 Å². The molecule has 0 fully saturated rings. The summed E-state index contributed by atoms with van der Waals surface area (Å²) in [6.07, 6.45) is 0. The lowest BCUT2D eigenvalue weighted by Gasteiger charge is -2.01. The number of aryl methyl sites for hydroxylation is 2. The molecule has 0 radical (unpaired) electrons. The minimum atomic E-state index is 0.683. The first-order valence-electron chi connectivity index (χ1n) is 4.98. The molecule has 2 aromatic rings.